The maximum Gasteiger partial charge on any atom is 0.264 e. The highest BCUT2D eigenvalue weighted by atomic mass is 32.1. The standard InChI is InChI=1S/C22H25FN4O3S/c23-17-4-1-3-16(13-17)15-27-7-6-24-21(29)18(27)14-20(28)25-8-10-26(11-9-25)22(30)19-5-2-12-31-19/h1-5,12-13,18H,6-11,14-15H2,(H,24,29)/t18-/m0/s1. The maximum atomic E-state index is 13.5. The number of amides is 3. The van der Waals surface area contributed by atoms with Crippen LogP contribution in [0.5, 0.6) is 0 Å². The summed E-state index contributed by atoms with van der Waals surface area (Å²) in [7, 11) is 0. The lowest BCUT2D eigenvalue weighted by molar-refractivity contribution is -0.140. The number of benzene rings is 1. The Hall–Kier alpha value is -2.78. The van der Waals surface area contributed by atoms with Crippen LogP contribution >= 0.6 is 11.3 Å². The highest BCUT2D eigenvalue weighted by Crippen LogP contribution is 2.18. The normalized spacial score (nSPS) is 19.9. The van der Waals surface area contributed by atoms with Crippen molar-refractivity contribution in [1.82, 2.24) is 20.0 Å². The van der Waals surface area contributed by atoms with Gasteiger partial charge in [-0.25, -0.2) is 4.39 Å². The largest absolute Gasteiger partial charge is 0.353 e. The van der Waals surface area contributed by atoms with Crippen molar-refractivity contribution in [3.63, 3.8) is 0 Å². The summed E-state index contributed by atoms with van der Waals surface area (Å²) in [5, 5.41) is 4.70. The minimum absolute atomic E-state index is 0.00461. The third kappa shape index (κ3) is 5.11. The molecule has 7 nitrogen and oxygen atoms in total. The Morgan fingerprint density at radius 2 is 1.84 bits per heavy atom. The van der Waals surface area contributed by atoms with Crippen LogP contribution in [0.2, 0.25) is 0 Å². The summed E-state index contributed by atoms with van der Waals surface area (Å²) >= 11 is 1.41. The topological polar surface area (TPSA) is 73.0 Å². The fourth-order valence-electron chi connectivity index (χ4n) is 4.05. The highest BCUT2D eigenvalue weighted by molar-refractivity contribution is 7.12. The second-order valence-corrected chi connectivity index (χ2v) is 8.71. The van der Waals surface area contributed by atoms with Gasteiger partial charge in [0.1, 0.15) is 5.82 Å². The van der Waals surface area contributed by atoms with E-state index in [9.17, 15) is 18.8 Å². The van der Waals surface area contributed by atoms with Gasteiger partial charge in [0, 0.05) is 45.8 Å². The Kier molecular flexibility index (Phi) is 6.62. The van der Waals surface area contributed by atoms with Crippen LogP contribution in [0.1, 0.15) is 21.7 Å². The van der Waals surface area contributed by atoms with Gasteiger partial charge >= 0.3 is 0 Å². The van der Waals surface area contributed by atoms with Crippen LogP contribution < -0.4 is 5.32 Å². The van der Waals surface area contributed by atoms with Gasteiger partial charge in [-0.3, -0.25) is 19.3 Å². The molecule has 3 heterocycles. The maximum absolute atomic E-state index is 13.5. The van der Waals surface area contributed by atoms with E-state index in [2.05, 4.69) is 5.32 Å². The van der Waals surface area contributed by atoms with Gasteiger partial charge in [0.15, 0.2) is 0 Å². The molecule has 1 aromatic carbocycles. The quantitative estimate of drug-likeness (QED) is 0.760. The summed E-state index contributed by atoms with van der Waals surface area (Å²) in [5.74, 6) is -0.603. The van der Waals surface area contributed by atoms with Crippen LogP contribution in [0.3, 0.4) is 0 Å². The zero-order valence-corrected chi connectivity index (χ0v) is 17.9. The number of piperazine rings is 2. The second kappa shape index (κ2) is 9.57. The average Bonchev–Trinajstić information content (AvgIpc) is 3.31. The number of rotatable bonds is 5. The summed E-state index contributed by atoms with van der Waals surface area (Å²) in [5.41, 5.74) is 0.771. The zero-order chi connectivity index (χ0) is 21.8. The van der Waals surface area contributed by atoms with E-state index in [4.69, 9.17) is 0 Å². The van der Waals surface area contributed by atoms with E-state index in [0.717, 1.165) is 5.56 Å². The molecule has 1 aromatic heterocycles. The van der Waals surface area contributed by atoms with Gasteiger partial charge in [0.2, 0.25) is 11.8 Å². The molecule has 0 unspecified atom stereocenters. The van der Waals surface area contributed by atoms with Crippen molar-refractivity contribution in [1.29, 1.82) is 0 Å². The Bertz CT molecular complexity index is 944. The van der Waals surface area contributed by atoms with Gasteiger partial charge in [-0.1, -0.05) is 18.2 Å². The summed E-state index contributed by atoms with van der Waals surface area (Å²) in [6, 6.07) is 9.37. The van der Waals surface area contributed by atoms with E-state index in [-0.39, 0.29) is 30.0 Å². The Balaban J connectivity index is 1.35. The van der Waals surface area contributed by atoms with E-state index in [0.29, 0.717) is 50.7 Å². The zero-order valence-electron chi connectivity index (χ0n) is 17.1. The molecule has 1 N–H and O–H groups in total. The number of halogens is 1. The van der Waals surface area contributed by atoms with Crippen LogP contribution in [0, 0.1) is 5.82 Å². The molecule has 9 heteroatoms. The lowest BCUT2D eigenvalue weighted by Crippen LogP contribution is -2.57. The van der Waals surface area contributed by atoms with Gasteiger partial charge < -0.3 is 15.1 Å². The van der Waals surface area contributed by atoms with Crippen LogP contribution in [0.4, 0.5) is 4.39 Å². The number of carbonyl (C=O) groups is 3. The van der Waals surface area contributed by atoms with Crippen LogP contribution in [0.15, 0.2) is 41.8 Å². The van der Waals surface area contributed by atoms with Crippen molar-refractivity contribution in [2.45, 2.75) is 19.0 Å². The summed E-state index contributed by atoms with van der Waals surface area (Å²) in [6.45, 7) is 3.37. The summed E-state index contributed by atoms with van der Waals surface area (Å²) in [4.78, 5) is 44.0. The third-order valence-electron chi connectivity index (χ3n) is 5.74. The van der Waals surface area contributed by atoms with Gasteiger partial charge in [-0.05, 0) is 29.1 Å². The molecular weight excluding hydrogens is 419 g/mol. The van der Waals surface area contributed by atoms with Crippen LogP contribution in [0.25, 0.3) is 0 Å². The van der Waals surface area contributed by atoms with Crippen LogP contribution in [-0.4, -0.2) is 77.7 Å². The molecule has 3 amide bonds. The molecule has 31 heavy (non-hydrogen) atoms. The molecule has 2 aromatic rings. The summed E-state index contributed by atoms with van der Waals surface area (Å²) in [6.07, 6.45) is 0.0695. The second-order valence-electron chi connectivity index (χ2n) is 7.76. The molecule has 164 valence electrons. The first-order chi connectivity index (χ1) is 15.0. The van der Waals surface area contributed by atoms with Gasteiger partial charge in [-0.2, -0.15) is 0 Å². The van der Waals surface area contributed by atoms with Gasteiger partial charge in [-0.15, -0.1) is 11.3 Å². The number of nitrogens with one attached hydrogen (secondary N) is 1. The van der Waals surface area contributed by atoms with E-state index >= 15 is 0 Å². The molecular formula is C22H25FN4O3S. The smallest absolute Gasteiger partial charge is 0.264 e. The van der Waals surface area contributed by atoms with E-state index < -0.39 is 6.04 Å². The first kappa shape index (κ1) is 21.5. The highest BCUT2D eigenvalue weighted by Gasteiger charge is 2.34. The first-order valence-corrected chi connectivity index (χ1v) is 11.3. The molecule has 0 aliphatic carbocycles. The fraction of sp³-hybridized carbons (Fsp3) is 0.409. The van der Waals surface area contributed by atoms with Crippen molar-refractivity contribution >= 4 is 29.1 Å². The number of nitrogens with zero attached hydrogens (tertiary/aromatic N) is 3. The van der Waals surface area contributed by atoms with E-state index in [1.54, 1.807) is 21.9 Å². The average molecular weight is 445 g/mol. The molecule has 2 saturated heterocycles. The Labute approximate surface area is 184 Å². The van der Waals surface area contributed by atoms with Crippen molar-refractivity contribution in [3.8, 4) is 0 Å². The number of hydrogen-bond donors (Lipinski definition) is 1. The van der Waals surface area contributed by atoms with Gasteiger partial charge in [0.25, 0.3) is 5.91 Å². The molecule has 0 bridgehead atoms. The summed E-state index contributed by atoms with van der Waals surface area (Å²) < 4.78 is 13.5. The molecule has 2 fully saturated rings. The molecule has 0 saturated carbocycles. The lowest BCUT2D eigenvalue weighted by Gasteiger charge is -2.38. The predicted octanol–water partition coefficient (Wildman–Crippen LogP) is 1.56. The number of hydrogen-bond acceptors (Lipinski definition) is 5. The number of carbonyl (C=O) groups excluding carboxylic acids is 3. The monoisotopic (exact) mass is 444 g/mol. The molecule has 4 rings (SSSR count). The van der Waals surface area contributed by atoms with Gasteiger partial charge in [0.05, 0.1) is 17.3 Å². The van der Waals surface area contributed by atoms with Crippen LogP contribution in [-0.2, 0) is 16.1 Å². The van der Waals surface area contributed by atoms with E-state index in [1.807, 2.05) is 22.4 Å². The minimum Gasteiger partial charge on any atom is -0.353 e. The van der Waals surface area contributed by atoms with Crippen molar-refractivity contribution in [2.24, 2.45) is 0 Å². The molecule has 0 radical (unpaired) electrons. The lowest BCUT2D eigenvalue weighted by atomic mass is 10.1. The first-order valence-electron chi connectivity index (χ1n) is 10.4. The van der Waals surface area contributed by atoms with Crippen molar-refractivity contribution in [2.75, 3.05) is 39.3 Å². The molecule has 2 aliphatic rings. The molecule has 2 aliphatic heterocycles. The Morgan fingerprint density at radius 3 is 2.55 bits per heavy atom. The number of thiophene rings is 1. The molecule has 1 atom stereocenters. The Morgan fingerprint density at radius 1 is 1.06 bits per heavy atom. The SMILES string of the molecule is O=C1NCCN(Cc2cccc(F)c2)[C@H]1CC(=O)N1CCN(C(=O)c2cccs2)CC1. The predicted molar refractivity (Wildman–Crippen MR) is 115 cm³/mol. The van der Waals surface area contributed by atoms with Crippen molar-refractivity contribution in [3.05, 3.63) is 58.0 Å². The molecule has 0 spiro atoms. The minimum atomic E-state index is -0.588. The van der Waals surface area contributed by atoms with Crippen molar-refractivity contribution < 1.29 is 18.8 Å². The third-order valence-corrected chi connectivity index (χ3v) is 6.59. The fourth-order valence-corrected chi connectivity index (χ4v) is 4.74. The van der Waals surface area contributed by atoms with E-state index in [1.165, 1.54) is 23.5 Å².